The van der Waals surface area contributed by atoms with Crippen molar-refractivity contribution in [2.75, 3.05) is 25.1 Å². The number of benzene rings is 2. The van der Waals surface area contributed by atoms with E-state index in [1.165, 1.54) is 18.2 Å². The maximum Gasteiger partial charge on any atom is 0.270 e. The van der Waals surface area contributed by atoms with Gasteiger partial charge in [0.05, 0.1) is 10.5 Å². The third-order valence-electron chi connectivity index (χ3n) is 4.01. The lowest BCUT2D eigenvalue weighted by atomic mass is 10.2. The van der Waals surface area contributed by atoms with Gasteiger partial charge in [-0.15, -0.1) is 4.83 Å². The van der Waals surface area contributed by atoms with Crippen molar-refractivity contribution in [1.29, 1.82) is 0 Å². The van der Waals surface area contributed by atoms with Gasteiger partial charge >= 0.3 is 0 Å². The Morgan fingerprint density at radius 1 is 1.11 bits per heavy atom. The van der Waals surface area contributed by atoms with Gasteiger partial charge in [0.2, 0.25) is 5.91 Å². The van der Waals surface area contributed by atoms with E-state index >= 15 is 0 Å². The van der Waals surface area contributed by atoms with E-state index in [2.05, 4.69) is 10.1 Å². The maximum absolute atomic E-state index is 12.5. The Kier molecular flexibility index (Phi) is 4.21. The molecule has 4 rings (SSSR count). The molecule has 2 aliphatic heterocycles. The van der Waals surface area contributed by atoms with Crippen LogP contribution in [0.25, 0.3) is 0 Å². The van der Waals surface area contributed by atoms with Crippen molar-refractivity contribution in [2.24, 2.45) is 0 Å². The highest BCUT2D eigenvalue weighted by Gasteiger charge is 2.34. The van der Waals surface area contributed by atoms with E-state index in [9.17, 15) is 18.0 Å². The predicted octanol–water partition coefficient (Wildman–Crippen LogP) is 0.746. The fourth-order valence-electron chi connectivity index (χ4n) is 2.83. The summed E-state index contributed by atoms with van der Waals surface area (Å²) < 4.78 is 35.4. The van der Waals surface area contributed by atoms with E-state index < -0.39 is 28.4 Å². The molecule has 0 saturated carbocycles. The molecule has 0 fully saturated rings. The van der Waals surface area contributed by atoms with E-state index in [0.29, 0.717) is 30.4 Å². The highest BCUT2D eigenvalue weighted by molar-refractivity contribution is 7.89. The SMILES string of the molecule is O=C(CN1NS(=O)(=O)c2ccccc2C1=O)Nc1ccc2c(c1)OCCO2. The number of nitrogens with zero attached hydrogens (tertiary/aromatic N) is 1. The fraction of sp³-hybridized carbons (Fsp3) is 0.176. The van der Waals surface area contributed by atoms with Crippen LogP contribution in [0.4, 0.5) is 5.69 Å². The van der Waals surface area contributed by atoms with Crippen LogP contribution >= 0.6 is 0 Å². The number of rotatable bonds is 3. The number of hydrogen-bond donors (Lipinski definition) is 2. The molecule has 0 unspecified atom stereocenters. The summed E-state index contributed by atoms with van der Waals surface area (Å²) in [7, 11) is -3.92. The van der Waals surface area contributed by atoms with Crippen molar-refractivity contribution < 1.29 is 27.5 Å². The smallest absolute Gasteiger partial charge is 0.270 e. The van der Waals surface area contributed by atoms with Crippen LogP contribution in [0.3, 0.4) is 0 Å². The number of hydrazine groups is 1. The largest absolute Gasteiger partial charge is 0.486 e. The Morgan fingerprint density at radius 2 is 1.85 bits per heavy atom. The Labute approximate surface area is 154 Å². The second kappa shape index (κ2) is 6.56. The molecule has 0 aromatic heterocycles. The number of anilines is 1. The summed E-state index contributed by atoms with van der Waals surface area (Å²) in [5.74, 6) is -0.0857. The molecule has 0 atom stereocenters. The van der Waals surface area contributed by atoms with Crippen molar-refractivity contribution >= 4 is 27.5 Å². The summed E-state index contributed by atoms with van der Waals surface area (Å²) in [6, 6.07) is 10.7. The van der Waals surface area contributed by atoms with E-state index in [4.69, 9.17) is 9.47 Å². The number of ether oxygens (including phenoxy) is 2. The zero-order valence-corrected chi connectivity index (χ0v) is 14.8. The minimum Gasteiger partial charge on any atom is -0.486 e. The molecule has 2 heterocycles. The van der Waals surface area contributed by atoms with Gasteiger partial charge in [0, 0.05) is 11.8 Å². The van der Waals surface area contributed by atoms with Crippen molar-refractivity contribution in [3.05, 3.63) is 48.0 Å². The first kappa shape index (κ1) is 17.3. The van der Waals surface area contributed by atoms with Gasteiger partial charge < -0.3 is 14.8 Å². The van der Waals surface area contributed by atoms with Crippen molar-refractivity contribution in [2.45, 2.75) is 4.90 Å². The predicted molar refractivity (Wildman–Crippen MR) is 93.9 cm³/mol. The molecular weight excluding hydrogens is 374 g/mol. The average Bonchev–Trinajstić information content (AvgIpc) is 2.66. The molecule has 10 heteroatoms. The third kappa shape index (κ3) is 3.32. The zero-order chi connectivity index (χ0) is 19.0. The Bertz CT molecular complexity index is 1040. The lowest BCUT2D eigenvalue weighted by molar-refractivity contribution is -0.117. The normalized spacial score (nSPS) is 17.2. The van der Waals surface area contributed by atoms with Crippen LogP contribution in [0.15, 0.2) is 47.4 Å². The standard InChI is InChI=1S/C17H15N3O6S/c21-16(18-11-5-6-13-14(9-11)26-8-7-25-13)10-20-17(22)12-3-1-2-4-15(12)27(23,24)19-20/h1-6,9,19H,7-8,10H2,(H,18,21). The summed E-state index contributed by atoms with van der Waals surface area (Å²) in [4.78, 5) is 26.8. The van der Waals surface area contributed by atoms with E-state index in [1.807, 2.05) is 0 Å². The number of nitrogens with one attached hydrogen (secondary N) is 2. The van der Waals surface area contributed by atoms with Crippen LogP contribution in [0.5, 0.6) is 11.5 Å². The summed E-state index contributed by atoms with van der Waals surface area (Å²) in [6.45, 7) is 0.381. The van der Waals surface area contributed by atoms with Gasteiger partial charge in [0.1, 0.15) is 19.8 Å². The number of amides is 2. The molecule has 0 bridgehead atoms. The first-order valence-corrected chi connectivity index (χ1v) is 9.55. The average molecular weight is 389 g/mol. The van der Waals surface area contributed by atoms with Gasteiger partial charge in [-0.1, -0.05) is 12.1 Å². The first-order valence-electron chi connectivity index (χ1n) is 8.07. The minimum atomic E-state index is -3.92. The molecule has 2 N–H and O–H groups in total. The van der Waals surface area contributed by atoms with E-state index in [-0.39, 0.29) is 10.5 Å². The Balaban J connectivity index is 1.50. The lowest BCUT2D eigenvalue weighted by Crippen LogP contribution is -2.53. The third-order valence-corrected chi connectivity index (χ3v) is 5.41. The molecule has 0 radical (unpaired) electrons. The van der Waals surface area contributed by atoms with Crippen LogP contribution in [0.1, 0.15) is 10.4 Å². The van der Waals surface area contributed by atoms with Crippen molar-refractivity contribution in [3.63, 3.8) is 0 Å². The summed E-state index contributed by atoms with van der Waals surface area (Å²) >= 11 is 0. The zero-order valence-electron chi connectivity index (χ0n) is 14.0. The van der Waals surface area contributed by atoms with E-state index in [0.717, 1.165) is 5.01 Å². The topological polar surface area (TPSA) is 114 Å². The Hall–Kier alpha value is -3.11. The van der Waals surface area contributed by atoms with Gasteiger partial charge in [-0.3, -0.25) is 14.6 Å². The molecule has 9 nitrogen and oxygen atoms in total. The number of carbonyl (C=O) groups excluding carboxylic acids is 2. The molecule has 2 aromatic rings. The van der Waals surface area contributed by atoms with Crippen LogP contribution in [-0.4, -0.2) is 45.0 Å². The number of hydrogen-bond acceptors (Lipinski definition) is 6. The van der Waals surface area contributed by atoms with Crippen LogP contribution in [-0.2, 0) is 14.8 Å². The highest BCUT2D eigenvalue weighted by atomic mass is 32.2. The Morgan fingerprint density at radius 3 is 2.67 bits per heavy atom. The second-order valence-corrected chi connectivity index (χ2v) is 7.52. The van der Waals surface area contributed by atoms with Crippen LogP contribution in [0, 0.1) is 0 Å². The first-order chi connectivity index (χ1) is 12.9. The molecular formula is C17H15N3O6S. The molecule has 27 heavy (non-hydrogen) atoms. The lowest BCUT2D eigenvalue weighted by Gasteiger charge is -2.28. The molecule has 2 amide bonds. The van der Waals surface area contributed by atoms with Gasteiger partial charge in [0.15, 0.2) is 11.5 Å². The van der Waals surface area contributed by atoms with E-state index in [1.54, 1.807) is 24.3 Å². The molecule has 2 aromatic carbocycles. The van der Waals surface area contributed by atoms with Crippen molar-refractivity contribution in [1.82, 2.24) is 9.84 Å². The second-order valence-electron chi connectivity index (χ2n) is 5.89. The molecule has 0 saturated heterocycles. The van der Waals surface area contributed by atoms with Gasteiger partial charge in [-0.2, -0.15) is 0 Å². The summed E-state index contributed by atoms with van der Waals surface area (Å²) in [5.41, 5.74) is 0.459. The van der Waals surface area contributed by atoms with Gasteiger partial charge in [-0.25, -0.2) is 8.42 Å². The monoisotopic (exact) mass is 389 g/mol. The molecule has 140 valence electrons. The molecule has 0 spiro atoms. The number of fused-ring (bicyclic) bond motifs is 2. The minimum absolute atomic E-state index is 0.0170. The quantitative estimate of drug-likeness (QED) is 0.801. The summed E-state index contributed by atoms with van der Waals surface area (Å²) in [6.07, 6.45) is 0. The molecule has 2 aliphatic rings. The van der Waals surface area contributed by atoms with Gasteiger partial charge in [0.25, 0.3) is 15.9 Å². The highest BCUT2D eigenvalue weighted by Crippen LogP contribution is 2.32. The van der Waals surface area contributed by atoms with Crippen LogP contribution < -0.4 is 19.6 Å². The van der Waals surface area contributed by atoms with Crippen LogP contribution in [0.2, 0.25) is 0 Å². The van der Waals surface area contributed by atoms with Crippen molar-refractivity contribution in [3.8, 4) is 11.5 Å². The fourth-order valence-corrected chi connectivity index (χ4v) is 4.07. The maximum atomic E-state index is 12.5. The summed E-state index contributed by atoms with van der Waals surface area (Å²) in [5, 5.41) is 3.38. The number of carbonyl (C=O) groups is 2. The molecule has 0 aliphatic carbocycles. The van der Waals surface area contributed by atoms with Gasteiger partial charge in [-0.05, 0) is 24.3 Å². The number of sulfonamides is 1.